The average Bonchev–Trinajstić information content (AvgIpc) is 2.70. The number of nitrogens with two attached hydrogens (primary N) is 1. The third kappa shape index (κ3) is 1.48. The van der Waals surface area contributed by atoms with Gasteiger partial charge < -0.3 is 31.5 Å². The minimum Gasteiger partial charge on any atom is -0.370 e. The number of hydrogen-bond acceptors (Lipinski definition) is 7. The summed E-state index contributed by atoms with van der Waals surface area (Å²) in [6, 6.07) is -0.466. The molecule has 2 rings (SSSR count). The highest BCUT2D eigenvalue weighted by atomic mass is 16.5. The molecular weight excluding hydrogens is 224 g/mol. The van der Waals surface area contributed by atoms with Gasteiger partial charge in [0.1, 0.15) is 6.04 Å². The molecule has 0 amide bonds. The molecule has 8 nitrogen and oxygen atoms in total. The summed E-state index contributed by atoms with van der Waals surface area (Å²) >= 11 is 0. The molecule has 0 aromatic carbocycles. The smallest absolute Gasteiger partial charge is 0.210 e. The van der Waals surface area contributed by atoms with Gasteiger partial charge in [-0.2, -0.15) is 0 Å². The lowest BCUT2D eigenvalue weighted by Crippen LogP contribution is -2.72. The molecule has 2 heterocycles. The molecule has 0 saturated carbocycles. The zero-order valence-corrected chi connectivity index (χ0v) is 9.64. The first-order chi connectivity index (χ1) is 7.98. The van der Waals surface area contributed by atoms with Crippen molar-refractivity contribution in [2.45, 2.75) is 23.9 Å². The predicted octanol–water partition coefficient (Wildman–Crippen LogP) is -2.82. The van der Waals surface area contributed by atoms with Crippen molar-refractivity contribution >= 4 is 12.3 Å². The Hall–Kier alpha value is -1.38. The van der Waals surface area contributed by atoms with Crippen LogP contribution in [0.2, 0.25) is 0 Å². The summed E-state index contributed by atoms with van der Waals surface area (Å²) in [5.41, 5.74) is 4.39. The maximum atomic E-state index is 10.2. The molecule has 0 aliphatic carbocycles. The molecule has 0 aromatic heterocycles. The van der Waals surface area contributed by atoms with Gasteiger partial charge in [0.15, 0.2) is 11.6 Å². The summed E-state index contributed by atoms with van der Waals surface area (Å²) in [6.07, 6.45) is 1.22. The zero-order valence-electron chi connectivity index (χ0n) is 9.64. The number of aliphatic hydroxyl groups is 2. The molecule has 96 valence electrons. The molecule has 0 aromatic rings. The third-order valence-corrected chi connectivity index (χ3v) is 3.41. The predicted molar refractivity (Wildman–Crippen MR) is 62.5 cm³/mol. The van der Waals surface area contributed by atoms with E-state index in [-0.39, 0.29) is 12.4 Å². The number of likely N-dealkylation sites (tertiary alicyclic amines) is 1. The summed E-state index contributed by atoms with van der Waals surface area (Å²) in [6.45, 7) is 0.799. The van der Waals surface area contributed by atoms with Crippen molar-refractivity contribution in [3.63, 3.8) is 0 Å². The second-order valence-electron chi connectivity index (χ2n) is 4.37. The average molecular weight is 242 g/mol. The number of hydrogen-bond donors (Lipinski definition) is 6. The van der Waals surface area contributed by atoms with Crippen LogP contribution in [0.15, 0.2) is 4.99 Å². The highest BCUT2D eigenvalue weighted by molar-refractivity contribution is 5.82. The van der Waals surface area contributed by atoms with Crippen molar-refractivity contribution in [3.05, 3.63) is 0 Å². The first-order valence-electron chi connectivity index (χ1n) is 5.46. The summed E-state index contributed by atoms with van der Waals surface area (Å²) in [4.78, 5) is 5.69. The number of nitrogens with one attached hydrogen (secondary N) is 3. The van der Waals surface area contributed by atoms with Gasteiger partial charge in [0, 0.05) is 19.5 Å². The van der Waals surface area contributed by atoms with Crippen molar-refractivity contribution < 1.29 is 10.2 Å². The fourth-order valence-electron chi connectivity index (χ4n) is 2.63. The van der Waals surface area contributed by atoms with E-state index in [0.29, 0.717) is 13.1 Å². The fourth-order valence-corrected chi connectivity index (χ4v) is 2.63. The van der Waals surface area contributed by atoms with Crippen LogP contribution in [0.4, 0.5) is 0 Å². The van der Waals surface area contributed by atoms with Crippen LogP contribution in [-0.4, -0.2) is 65.0 Å². The van der Waals surface area contributed by atoms with Crippen LogP contribution in [-0.2, 0) is 0 Å². The zero-order chi connectivity index (χ0) is 12.7. The number of nitrogens with zero attached hydrogens (tertiary/aromatic N) is 2. The van der Waals surface area contributed by atoms with Crippen molar-refractivity contribution in [1.29, 1.82) is 5.41 Å². The molecule has 17 heavy (non-hydrogen) atoms. The quantitative estimate of drug-likeness (QED) is 0.180. The lowest BCUT2D eigenvalue weighted by Gasteiger charge is -2.43. The summed E-state index contributed by atoms with van der Waals surface area (Å²) in [7, 11) is 1.75. The Balaban J connectivity index is 2.41. The van der Waals surface area contributed by atoms with E-state index in [9.17, 15) is 10.2 Å². The number of likely N-dealkylation sites (N-methyl/N-ethyl adjacent to an activating group) is 1. The Labute approximate surface area is 99.0 Å². The maximum Gasteiger partial charge on any atom is 0.210 e. The Bertz CT molecular complexity index is 357. The van der Waals surface area contributed by atoms with Gasteiger partial charge in [-0.15, -0.1) is 0 Å². The van der Waals surface area contributed by atoms with E-state index in [4.69, 9.17) is 11.1 Å². The van der Waals surface area contributed by atoms with Crippen molar-refractivity contribution in [2.75, 3.05) is 20.1 Å². The first-order valence-corrected chi connectivity index (χ1v) is 5.46. The van der Waals surface area contributed by atoms with Gasteiger partial charge in [-0.1, -0.05) is 0 Å². The van der Waals surface area contributed by atoms with E-state index in [1.54, 1.807) is 7.05 Å². The third-order valence-electron chi connectivity index (χ3n) is 3.41. The lowest BCUT2D eigenvalue weighted by molar-refractivity contribution is -0.217. The van der Waals surface area contributed by atoms with Crippen LogP contribution in [0.25, 0.3) is 0 Å². The van der Waals surface area contributed by atoms with Crippen LogP contribution in [0, 0.1) is 5.41 Å². The van der Waals surface area contributed by atoms with Gasteiger partial charge in [-0.25, -0.2) is 4.99 Å². The van der Waals surface area contributed by atoms with E-state index in [2.05, 4.69) is 15.6 Å². The van der Waals surface area contributed by atoms with Crippen LogP contribution in [0.3, 0.4) is 0 Å². The highest BCUT2D eigenvalue weighted by Crippen LogP contribution is 2.39. The van der Waals surface area contributed by atoms with Crippen molar-refractivity contribution in [3.8, 4) is 0 Å². The van der Waals surface area contributed by atoms with E-state index >= 15 is 0 Å². The molecule has 7 N–H and O–H groups in total. The second-order valence-corrected chi connectivity index (χ2v) is 4.37. The number of rotatable bonds is 3. The normalized spacial score (nSPS) is 34.9. The summed E-state index contributed by atoms with van der Waals surface area (Å²) < 4.78 is 0. The summed E-state index contributed by atoms with van der Waals surface area (Å²) in [5, 5.41) is 33.4. The van der Waals surface area contributed by atoms with Crippen molar-refractivity contribution in [1.82, 2.24) is 15.5 Å². The molecule has 2 atom stereocenters. The SMILES string of the molecule is CNCC1N=C(N)NC12N(C=N)CCC2(O)O. The Morgan fingerprint density at radius 1 is 1.76 bits per heavy atom. The fraction of sp³-hybridized carbons (Fsp3) is 0.778. The van der Waals surface area contributed by atoms with Gasteiger partial charge >= 0.3 is 0 Å². The standard InChI is InChI=1S/C9H18N6O2/c1-12-4-6-9(14-7(11)13-6)8(16,17)2-3-15(9)5-10/h5-6,10,12,16-17H,2-4H2,1H3,(H3,11,13,14). The molecule has 1 spiro atoms. The molecule has 8 heteroatoms. The van der Waals surface area contributed by atoms with E-state index in [1.807, 2.05) is 0 Å². The second kappa shape index (κ2) is 3.83. The van der Waals surface area contributed by atoms with Gasteiger partial charge in [0.05, 0.1) is 6.34 Å². The number of aliphatic imine (C=N–C) groups is 1. The lowest BCUT2D eigenvalue weighted by atomic mass is 9.92. The molecule has 2 aliphatic heterocycles. The largest absolute Gasteiger partial charge is 0.370 e. The van der Waals surface area contributed by atoms with Gasteiger partial charge in [0.25, 0.3) is 0 Å². The molecule has 1 fully saturated rings. The Morgan fingerprint density at radius 2 is 2.47 bits per heavy atom. The monoisotopic (exact) mass is 242 g/mol. The van der Waals surface area contributed by atoms with Gasteiger partial charge in [-0.05, 0) is 7.05 Å². The minimum atomic E-state index is -1.98. The summed E-state index contributed by atoms with van der Waals surface area (Å²) in [5.74, 6) is -1.82. The molecule has 1 saturated heterocycles. The molecule has 2 aliphatic rings. The van der Waals surface area contributed by atoms with E-state index in [0.717, 1.165) is 6.34 Å². The van der Waals surface area contributed by atoms with E-state index < -0.39 is 17.5 Å². The van der Waals surface area contributed by atoms with Crippen molar-refractivity contribution in [2.24, 2.45) is 10.7 Å². The van der Waals surface area contributed by atoms with Gasteiger partial charge in [0.2, 0.25) is 5.79 Å². The Kier molecular flexibility index (Phi) is 2.72. The molecule has 2 unspecified atom stereocenters. The topological polar surface area (TPSA) is 130 Å². The van der Waals surface area contributed by atoms with Crippen LogP contribution >= 0.6 is 0 Å². The number of guanidine groups is 1. The van der Waals surface area contributed by atoms with Crippen LogP contribution in [0.5, 0.6) is 0 Å². The Morgan fingerprint density at radius 3 is 3.06 bits per heavy atom. The highest BCUT2D eigenvalue weighted by Gasteiger charge is 2.64. The van der Waals surface area contributed by atoms with Gasteiger partial charge in [-0.3, -0.25) is 5.41 Å². The molecule has 0 bridgehead atoms. The molecular formula is C9H18N6O2. The van der Waals surface area contributed by atoms with Crippen LogP contribution in [0.1, 0.15) is 6.42 Å². The minimum absolute atomic E-state index is 0.137. The molecule has 0 radical (unpaired) electrons. The maximum absolute atomic E-state index is 10.2. The van der Waals surface area contributed by atoms with Crippen LogP contribution < -0.4 is 16.4 Å². The first kappa shape index (κ1) is 12.1. The van der Waals surface area contributed by atoms with E-state index in [1.165, 1.54) is 4.90 Å².